The minimum Gasteiger partial charge on any atom is -0.478 e. The maximum absolute atomic E-state index is 14.1. The van der Waals surface area contributed by atoms with Crippen LogP contribution in [0.2, 0.25) is 0 Å². The normalized spacial score (nSPS) is 13.0. The fraction of sp³-hybridized carbons (Fsp3) is 0.105. The van der Waals surface area contributed by atoms with Gasteiger partial charge in [-0.1, -0.05) is 12.1 Å². The van der Waals surface area contributed by atoms with Crippen LogP contribution in [0.15, 0.2) is 60.2 Å². The van der Waals surface area contributed by atoms with Gasteiger partial charge in [0.15, 0.2) is 23.3 Å². The van der Waals surface area contributed by atoms with Crippen molar-refractivity contribution in [3.8, 4) is 0 Å². The predicted octanol–water partition coefficient (Wildman–Crippen LogP) is 5.37. The number of hydrogen-bond acceptors (Lipinski definition) is 2. The third-order valence-corrected chi connectivity index (χ3v) is 3.60. The van der Waals surface area contributed by atoms with Crippen LogP contribution < -0.4 is 4.90 Å². The van der Waals surface area contributed by atoms with Crippen molar-refractivity contribution in [3.05, 3.63) is 76.9 Å². The molecule has 2 aromatic carbocycles. The smallest absolute Gasteiger partial charge is 0.335 e. The molecule has 0 spiro atoms. The molecule has 0 aromatic heterocycles. The third-order valence-electron chi connectivity index (χ3n) is 3.60. The molecule has 0 amide bonds. The summed E-state index contributed by atoms with van der Waals surface area (Å²) < 4.78 is 56.2. The molecule has 1 N–H and O–H groups in total. The summed E-state index contributed by atoms with van der Waals surface area (Å²) >= 11 is 0. The molecule has 0 saturated carbocycles. The number of aromatic carboxylic acids is 1. The van der Waals surface area contributed by atoms with Crippen molar-refractivity contribution < 1.29 is 27.5 Å². The van der Waals surface area contributed by atoms with Crippen LogP contribution >= 0.6 is 0 Å². The van der Waals surface area contributed by atoms with Crippen LogP contribution in [-0.4, -0.2) is 25.2 Å². The molecule has 0 radical (unpaired) electrons. The Hall–Kier alpha value is -3.09. The lowest BCUT2D eigenvalue weighted by atomic mass is 10.1. The van der Waals surface area contributed by atoms with E-state index in [0.717, 1.165) is 30.0 Å². The summed E-state index contributed by atoms with van der Waals surface area (Å²) in [4.78, 5) is 12.5. The molecule has 0 aliphatic carbocycles. The lowest BCUT2D eigenvalue weighted by Gasteiger charge is -2.12. The summed E-state index contributed by atoms with van der Waals surface area (Å²) in [7, 11) is 3.52. The van der Waals surface area contributed by atoms with E-state index in [1.54, 1.807) is 19.0 Å². The molecule has 2 rings (SSSR count). The summed E-state index contributed by atoms with van der Waals surface area (Å²) in [6.07, 6.45) is 0. The van der Waals surface area contributed by atoms with Gasteiger partial charge in [-0.2, -0.15) is 0 Å². The van der Waals surface area contributed by atoms with Gasteiger partial charge >= 0.3 is 5.97 Å². The van der Waals surface area contributed by atoms with Gasteiger partial charge in [0, 0.05) is 30.9 Å². The van der Waals surface area contributed by atoms with Gasteiger partial charge in [0.25, 0.3) is 0 Å². The second kappa shape index (κ2) is 7.86. The molecular formula is C19H15F4NO2. The highest BCUT2D eigenvalue weighted by Gasteiger charge is 2.20. The van der Waals surface area contributed by atoms with Gasteiger partial charge in [-0.3, -0.25) is 0 Å². The molecule has 0 atom stereocenters. The first kappa shape index (κ1) is 19.2. The number of hydrogen-bond donors (Lipinski definition) is 1. The quantitative estimate of drug-likeness (QED) is 0.572. The van der Waals surface area contributed by atoms with E-state index in [2.05, 4.69) is 0 Å². The summed E-state index contributed by atoms with van der Waals surface area (Å²) in [6, 6.07) is 9.50. The van der Waals surface area contributed by atoms with Crippen LogP contribution in [-0.2, 0) is 0 Å². The minimum absolute atomic E-state index is 0.148. The van der Waals surface area contributed by atoms with Gasteiger partial charge in [0.1, 0.15) is 0 Å². The van der Waals surface area contributed by atoms with Crippen molar-refractivity contribution in [2.24, 2.45) is 0 Å². The van der Waals surface area contributed by atoms with E-state index in [-0.39, 0.29) is 11.1 Å². The molecule has 0 unspecified atom stereocenters. The molecule has 2 aromatic rings. The van der Waals surface area contributed by atoms with Crippen molar-refractivity contribution >= 4 is 23.3 Å². The largest absolute Gasteiger partial charge is 0.478 e. The number of carboxylic acids is 1. The van der Waals surface area contributed by atoms with Crippen molar-refractivity contribution in [2.45, 2.75) is 0 Å². The molecule has 0 saturated heterocycles. The lowest BCUT2D eigenvalue weighted by Crippen LogP contribution is -2.08. The molecule has 0 bridgehead atoms. The summed E-state index contributed by atoms with van der Waals surface area (Å²) in [5, 5.41) is 8.76. The Balaban J connectivity index is 2.38. The van der Waals surface area contributed by atoms with E-state index >= 15 is 0 Å². The Morgan fingerprint density at radius 3 is 1.42 bits per heavy atom. The zero-order valence-electron chi connectivity index (χ0n) is 13.9. The second-order valence-electron chi connectivity index (χ2n) is 5.58. The number of nitrogens with zero attached hydrogens (tertiary/aromatic N) is 1. The number of anilines is 1. The zero-order valence-corrected chi connectivity index (χ0v) is 13.9. The number of carbonyl (C=O) groups is 1. The number of benzene rings is 2. The van der Waals surface area contributed by atoms with Gasteiger partial charge < -0.3 is 10.0 Å². The summed E-state index contributed by atoms with van der Waals surface area (Å²) in [5.74, 6) is -8.38. The van der Waals surface area contributed by atoms with Crippen LogP contribution in [0.25, 0.3) is 11.7 Å². The molecule has 0 aliphatic rings. The molecule has 0 aliphatic heterocycles. The maximum Gasteiger partial charge on any atom is 0.335 e. The number of halogens is 4. The Bertz CT molecular complexity index is 869. The number of carboxylic acid groups (broad SMARTS) is 1. The summed E-state index contributed by atoms with van der Waals surface area (Å²) in [5.41, 5.74) is -0.0662. The van der Waals surface area contributed by atoms with Crippen molar-refractivity contribution in [3.63, 3.8) is 0 Å². The summed E-state index contributed by atoms with van der Waals surface area (Å²) in [6.45, 7) is 0. The highest BCUT2D eigenvalue weighted by Crippen LogP contribution is 2.33. The van der Waals surface area contributed by atoms with Crippen LogP contribution in [0.4, 0.5) is 23.2 Å². The Labute approximate surface area is 147 Å². The molecule has 3 nitrogen and oxygen atoms in total. The van der Waals surface area contributed by atoms with Crippen LogP contribution in [0.5, 0.6) is 0 Å². The SMILES string of the molecule is CN(C)c1ccc(/C(F)=C(F)/C(F)=C(\F)c2ccc(C(=O)O)cc2)cc1. The molecule has 26 heavy (non-hydrogen) atoms. The van der Waals surface area contributed by atoms with Gasteiger partial charge in [0.05, 0.1) is 5.56 Å². The van der Waals surface area contributed by atoms with Crippen molar-refractivity contribution in [1.82, 2.24) is 0 Å². The fourth-order valence-electron chi connectivity index (χ4n) is 2.11. The number of allylic oxidation sites excluding steroid dienone is 2. The van der Waals surface area contributed by atoms with Gasteiger partial charge in [-0.25, -0.2) is 22.4 Å². The fourth-order valence-corrected chi connectivity index (χ4v) is 2.11. The second-order valence-corrected chi connectivity index (χ2v) is 5.58. The van der Waals surface area contributed by atoms with E-state index in [9.17, 15) is 22.4 Å². The maximum atomic E-state index is 14.1. The van der Waals surface area contributed by atoms with E-state index in [1.807, 2.05) is 0 Å². The first-order chi connectivity index (χ1) is 12.2. The van der Waals surface area contributed by atoms with Gasteiger partial charge in [0.2, 0.25) is 0 Å². The minimum atomic E-state index is -2.00. The average molecular weight is 365 g/mol. The third kappa shape index (κ3) is 4.11. The first-order valence-corrected chi connectivity index (χ1v) is 7.44. The Kier molecular flexibility index (Phi) is 5.82. The average Bonchev–Trinajstić information content (AvgIpc) is 2.65. The molecule has 136 valence electrons. The van der Waals surface area contributed by atoms with Gasteiger partial charge in [-0.05, 0) is 36.4 Å². The zero-order chi connectivity index (χ0) is 19.4. The van der Waals surface area contributed by atoms with Crippen molar-refractivity contribution in [1.29, 1.82) is 0 Å². The molecular weight excluding hydrogens is 350 g/mol. The number of rotatable bonds is 5. The van der Waals surface area contributed by atoms with Crippen LogP contribution in [0.3, 0.4) is 0 Å². The van der Waals surface area contributed by atoms with Gasteiger partial charge in [-0.15, -0.1) is 0 Å². The molecule has 7 heteroatoms. The highest BCUT2D eigenvalue weighted by atomic mass is 19.2. The van der Waals surface area contributed by atoms with Crippen LogP contribution in [0, 0.1) is 0 Å². The topological polar surface area (TPSA) is 40.5 Å². The first-order valence-electron chi connectivity index (χ1n) is 7.44. The van der Waals surface area contributed by atoms with Crippen LogP contribution in [0.1, 0.15) is 21.5 Å². The predicted molar refractivity (Wildman–Crippen MR) is 92.4 cm³/mol. The van der Waals surface area contributed by atoms with Crippen molar-refractivity contribution in [2.75, 3.05) is 19.0 Å². The Morgan fingerprint density at radius 2 is 1.08 bits per heavy atom. The lowest BCUT2D eigenvalue weighted by molar-refractivity contribution is 0.0697. The van der Waals surface area contributed by atoms with E-state index < -0.39 is 34.8 Å². The molecule has 0 heterocycles. The molecule has 0 fully saturated rings. The standard InChI is InChI=1S/C19H15F4NO2/c1-24(2)14-9-7-12(8-10-14)16(21)18(23)17(22)15(20)11-3-5-13(6-4-11)19(25)26/h3-10H,1-2H3,(H,25,26)/b17-15+,18-16+. The van der Waals surface area contributed by atoms with E-state index in [4.69, 9.17) is 5.11 Å². The van der Waals surface area contributed by atoms with E-state index in [1.165, 1.54) is 24.3 Å². The van der Waals surface area contributed by atoms with E-state index in [0.29, 0.717) is 0 Å². The Morgan fingerprint density at radius 1 is 0.731 bits per heavy atom. The monoisotopic (exact) mass is 365 g/mol. The highest BCUT2D eigenvalue weighted by molar-refractivity contribution is 5.88.